The minimum atomic E-state index is -0.443. The molecule has 0 aliphatic heterocycles. The van der Waals surface area contributed by atoms with E-state index in [0.717, 1.165) is 5.56 Å². The van der Waals surface area contributed by atoms with Crippen LogP contribution in [-0.2, 0) is 17.6 Å². The molecule has 1 amide bonds. The Labute approximate surface area is 134 Å². The molecule has 0 aromatic heterocycles. The highest BCUT2D eigenvalue weighted by molar-refractivity contribution is 5.76. The lowest BCUT2D eigenvalue weighted by Gasteiger charge is -2.12. The number of hydrogen-bond acceptors (Lipinski definition) is 2. The van der Waals surface area contributed by atoms with E-state index in [1.165, 1.54) is 18.2 Å². The molecule has 3 nitrogen and oxygen atoms in total. The van der Waals surface area contributed by atoms with E-state index in [2.05, 4.69) is 5.32 Å². The van der Waals surface area contributed by atoms with Crippen molar-refractivity contribution in [3.8, 4) is 0 Å². The lowest BCUT2D eigenvalue weighted by atomic mass is 10.0. The van der Waals surface area contributed by atoms with Crippen molar-refractivity contribution in [2.75, 3.05) is 6.54 Å². The molecule has 2 aromatic carbocycles. The topological polar surface area (TPSA) is 55.1 Å². The van der Waals surface area contributed by atoms with Crippen molar-refractivity contribution in [1.82, 2.24) is 5.32 Å². The third-order valence-electron chi connectivity index (χ3n) is 3.51. The van der Waals surface area contributed by atoms with Gasteiger partial charge in [0.05, 0.1) is 0 Å². The van der Waals surface area contributed by atoms with Crippen molar-refractivity contribution in [2.45, 2.75) is 25.3 Å². The number of nitrogens with two attached hydrogens (primary N) is 1. The summed E-state index contributed by atoms with van der Waals surface area (Å²) in [6.07, 6.45) is 0.980. The Balaban J connectivity index is 1.73. The van der Waals surface area contributed by atoms with Gasteiger partial charge in [0, 0.05) is 19.0 Å². The van der Waals surface area contributed by atoms with Crippen LogP contribution < -0.4 is 11.1 Å². The van der Waals surface area contributed by atoms with Crippen LogP contribution in [0.4, 0.5) is 8.78 Å². The minimum absolute atomic E-state index is 0.123. The summed E-state index contributed by atoms with van der Waals surface area (Å²) in [5.74, 6) is -0.791. The van der Waals surface area contributed by atoms with Crippen molar-refractivity contribution in [2.24, 2.45) is 5.73 Å². The minimum Gasteiger partial charge on any atom is -0.356 e. The SMILES string of the molecule is N[C@@H](CC(=O)NCCc1cccc(F)c1)Cc1ccccc1F. The Morgan fingerprint density at radius 3 is 2.65 bits per heavy atom. The van der Waals surface area contributed by atoms with Gasteiger partial charge in [-0.25, -0.2) is 8.78 Å². The average Bonchev–Trinajstić information content (AvgIpc) is 2.49. The summed E-state index contributed by atoms with van der Waals surface area (Å²) < 4.78 is 26.6. The Morgan fingerprint density at radius 1 is 1.13 bits per heavy atom. The lowest BCUT2D eigenvalue weighted by Crippen LogP contribution is -2.34. The highest BCUT2D eigenvalue weighted by Crippen LogP contribution is 2.09. The van der Waals surface area contributed by atoms with Gasteiger partial charge in [-0.1, -0.05) is 30.3 Å². The molecular weight excluding hydrogens is 298 g/mol. The molecule has 5 heteroatoms. The first-order chi connectivity index (χ1) is 11.0. The summed E-state index contributed by atoms with van der Waals surface area (Å²) in [7, 11) is 0. The van der Waals surface area contributed by atoms with Crippen LogP contribution in [0, 0.1) is 11.6 Å². The molecule has 0 bridgehead atoms. The number of halogens is 2. The van der Waals surface area contributed by atoms with E-state index in [9.17, 15) is 13.6 Å². The molecule has 23 heavy (non-hydrogen) atoms. The van der Waals surface area contributed by atoms with Crippen LogP contribution in [0.3, 0.4) is 0 Å². The van der Waals surface area contributed by atoms with Gasteiger partial charge in [-0.05, 0) is 42.2 Å². The van der Waals surface area contributed by atoms with Crippen molar-refractivity contribution >= 4 is 5.91 Å². The summed E-state index contributed by atoms with van der Waals surface area (Å²) in [4.78, 5) is 11.8. The van der Waals surface area contributed by atoms with Gasteiger partial charge < -0.3 is 11.1 Å². The van der Waals surface area contributed by atoms with Crippen LogP contribution in [-0.4, -0.2) is 18.5 Å². The van der Waals surface area contributed by atoms with Gasteiger partial charge >= 0.3 is 0 Å². The molecule has 2 rings (SSSR count). The smallest absolute Gasteiger partial charge is 0.221 e. The summed E-state index contributed by atoms with van der Waals surface area (Å²) in [5, 5.41) is 2.75. The number of hydrogen-bond donors (Lipinski definition) is 2. The van der Waals surface area contributed by atoms with E-state index in [1.807, 2.05) is 0 Å². The second kappa shape index (κ2) is 8.39. The summed E-state index contributed by atoms with van der Waals surface area (Å²) >= 11 is 0. The monoisotopic (exact) mass is 318 g/mol. The molecule has 0 saturated carbocycles. The first-order valence-corrected chi connectivity index (χ1v) is 7.54. The van der Waals surface area contributed by atoms with Crippen LogP contribution in [0.15, 0.2) is 48.5 Å². The molecule has 0 aliphatic carbocycles. The first kappa shape index (κ1) is 17.1. The predicted octanol–water partition coefficient (Wildman–Crippen LogP) is 2.58. The molecular formula is C18H20F2N2O. The number of carbonyl (C=O) groups is 1. The van der Waals surface area contributed by atoms with Crippen molar-refractivity contribution < 1.29 is 13.6 Å². The van der Waals surface area contributed by atoms with Gasteiger partial charge in [0.25, 0.3) is 0 Å². The zero-order valence-electron chi connectivity index (χ0n) is 12.8. The number of benzene rings is 2. The second-order valence-corrected chi connectivity index (χ2v) is 5.49. The van der Waals surface area contributed by atoms with E-state index in [1.54, 1.807) is 30.3 Å². The standard InChI is InChI=1S/C18H20F2N2O/c19-15-6-3-4-13(10-15)8-9-22-18(23)12-16(21)11-14-5-1-2-7-17(14)20/h1-7,10,16H,8-9,11-12,21H2,(H,22,23)/t16-/m1/s1. The fourth-order valence-electron chi connectivity index (χ4n) is 2.37. The fraction of sp³-hybridized carbons (Fsp3) is 0.278. The molecule has 1 atom stereocenters. The number of carbonyl (C=O) groups excluding carboxylic acids is 1. The van der Waals surface area contributed by atoms with Crippen LogP contribution in [0.25, 0.3) is 0 Å². The number of amides is 1. The molecule has 122 valence electrons. The maximum absolute atomic E-state index is 13.5. The van der Waals surface area contributed by atoms with Gasteiger partial charge in [0.1, 0.15) is 11.6 Å². The molecule has 0 aliphatic rings. The van der Waals surface area contributed by atoms with E-state index < -0.39 is 6.04 Å². The van der Waals surface area contributed by atoms with Crippen molar-refractivity contribution in [3.05, 3.63) is 71.3 Å². The van der Waals surface area contributed by atoms with Gasteiger partial charge in [-0.2, -0.15) is 0 Å². The zero-order chi connectivity index (χ0) is 16.7. The van der Waals surface area contributed by atoms with E-state index >= 15 is 0 Å². The van der Waals surface area contributed by atoms with Crippen LogP contribution in [0.2, 0.25) is 0 Å². The highest BCUT2D eigenvalue weighted by atomic mass is 19.1. The Hall–Kier alpha value is -2.27. The zero-order valence-corrected chi connectivity index (χ0v) is 12.8. The molecule has 0 fully saturated rings. The number of nitrogens with one attached hydrogen (secondary N) is 1. The fourth-order valence-corrected chi connectivity index (χ4v) is 2.37. The molecule has 0 spiro atoms. The normalized spacial score (nSPS) is 12.0. The van der Waals surface area contributed by atoms with Gasteiger partial charge in [0.15, 0.2) is 0 Å². The third-order valence-corrected chi connectivity index (χ3v) is 3.51. The van der Waals surface area contributed by atoms with Gasteiger partial charge in [-0.3, -0.25) is 4.79 Å². The molecule has 3 N–H and O–H groups in total. The predicted molar refractivity (Wildman–Crippen MR) is 85.8 cm³/mol. The summed E-state index contributed by atoms with van der Waals surface area (Å²) in [6.45, 7) is 0.411. The molecule has 0 radical (unpaired) electrons. The molecule has 0 unspecified atom stereocenters. The Morgan fingerprint density at radius 2 is 1.91 bits per heavy atom. The van der Waals surface area contributed by atoms with Crippen LogP contribution in [0.1, 0.15) is 17.5 Å². The van der Waals surface area contributed by atoms with Crippen molar-refractivity contribution in [3.63, 3.8) is 0 Å². The molecule has 2 aromatic rings. The second-order valence-electron chi connectivity index (χ2n) is 5.49. The summed E-state index contributed by atoms with van der Waals surface area (Å²) in [6, 6.07) is 12.2. The van der Waals surface area contributed by atoms with E-state index in [-0.39, 0.29) is 24.0 Å². The maximum Gasteiger partial charge on any atom is 0.221 e. The quantitative estimate of drug-likeness (QED) is 0.824. The number of rotatable bonds is 7. The largest absolute Gasteiger partial charge is 0.356 e. The van der Waals surface area contributed by atoms with Gasteiger partial charge in [-0.15, -0.1) is 0 Å². The van der Waals surface area contributed by atoms with Crippen molar-refractivity contribution in [1.29, 1.82) is 0 Å². The lowest BCUT2D eigenvalue weighted by molar-refractivity contribution is -0.121. The average molecular weight is 318 g/mol. The first-order valence-electron chi connectivity index (χ1n) is 7.54. The Kier molecular flexibility index (Phi) is 6.23. The maximum atomic E-state index is 13.5. The third kappa shape index (κ3) is 5.79. The summed E-state index contributed by atoms with van der Waals surface area (Å²) in [5.41, 5.74) is 7.23. The molecule has 0 saturated heterocycles. The van der Waals surface area contributed by atoms with E-state index in [0.29, 0.717) is 24.9 Å². The van der Waals surface area contributed by atoms with Gasteiger partial charge in [0.2, 0.25) is 5.91 Å². The van der Waals surface area contributed by atoms with Crippen LogP contribution >= 0.6 is 0 Å². The van der Waals surface area contributed by atoms with Crippen LogP contribution in [0.5, 0.6) is 0 Å². The van der Waals surface area contributed by atoms with E-state index in [4.69, 9.17) is 5.73 Å². The molecule has 0 heterocycles. The highest BCUT2D eigenvalue weighted by Gasteiger charge is 2.12. The Bertz CT molecular complexity index is 661.